The summed E-state index contributed by atoms with van der Waals surface area (Å²) in [6, 6.07) is 0. The fourth-order valence-electron chi connectivity index (χ4n) is 1.92. The minimum atomic E-state index is -0.168. The van der Waals surface area contributed by atoms with Crippen LogP contribution in [-0.2, 0) is 0 Å². The predicted octanol–water partition coefficient (Wildman–Crippen LogP) is 0.428. The van der Waals surface area contributed by atoms with Crippen molar-refractivity contribution < 1.29 is 5.11 Å². The van der Waals surface area contributed by atoms with Gasteiger partial charge in [0, 0.05) is 13.1 Å². The summed E-state index contributed by atoms with van der Waals surface area (Å²) in [6.45, 7) is 6.00. The number of likely N-dealkylation sites (tertiary alicyclic amines) is 1. The van der Waals surface area contributed by atoms with Crippen molar-refractivity contribution in [1.82, 2.24) is 4.90 Å². The highest BCUT2D eigenvalue weighted by Crippen LogP contribution is 2.15. The van der Waals surface area contributed by atoms with Crippen LogP contribution in [0, 0.1) is 5.92 Å². The number of aliphatic hydroxyl groups excluding tert-OH is 1. The zero-order valence-electron chi connectivity index (χ0n) is 8.58. The van der Waals surface area contributed by atoms with Crippen molar-refractivity contribution in [3.63, 3.8) is 0 Å². The molecule has 2 unspecified atom stereocenters. The van der Waals surface area contributed by atoms with Gasteiger partial charge in [-0.25, -0.2) is 0 Å². The molecular weight excluding hydrogens is 164 g/mol. The Hall–Kier alpha value is -0.120. The largest absolute Gasteiger partial charge is 0.393 e. The summed E-state index contributed by atoms with van der Waals surface area (Å²) in [7, 11) is 0. The fourth-order valence-corrected chi connectivity index (χ4v) is 1.92. The van der Waals surface area contributed by atoms with Crippen LogP contribution >= 0.6 is 0 Å². The van der Waals surface area contributed by atoms with E-state index in [0.717, 1.165) is 26.1 Å². The van der Waals surface area contributed by atoms with Gasteiger partial charge in [0.05, 0.1) is 6.10 Å². The van der Waals surface area contributed by atoms with Gasteiger partial charge in [-0.2, -0.15) is 0 Å². The first-order chi connectivity index (χ1) is 6.22. The number of nitrogens with zero attached hydrogens (tertiary/aromatic N) is 1. The summed E-state index contributed by atoms with van der Waals surface area (Å²) >= 11 is 0. The summed E-state index contributed by atoms with van der Waals surface area (Å²) in [5, 5.41) is 9.15. The van der Waals surface area contributed by atoms with Crippen LogP contribution in [0.3, 0.4) is 0 Å². The van der Waals surface area contributed by atoms with E-state index in [1.165, 1.54) is 19.4 Å². The van der Waals surface area contributed by atoms with Crippen molar-refractivity contribution in [3.05, 3.63) is 0 Å². The summed E-state index contributed by atoms with van der Waals surface area (Å²) in [6.07, 6.45) is 3.26. The molecule has 0 aromatic heterocycles. The number of nitrogens with two attached hydrogens (primary N) is 1. The SMILES string of the molecule is CC(O)CCN1CCCC(CN)C1. The molecule has 1 rings (SSSR count). The highest BCUT2D eigenvalue weighted by molar-refractivity contribution is 4.73. The Labute approximate surface area is 80.9 Å². The third-order valence-electron chi connectivity index (χ3n) is 2.80. The maximum absolute atomic E-state index is 9.15. The van der Waals surface area contributed by atoms with Gasteiger partial charge in [-0.15, -0.1) is 0 Å². The molecule has 3 heteroatoms. The van der Waals surface area contributed by atoms with E-state index in [4.69, 9.17) is 10.8 Å². The van der Waals surface area contributed by atoms with E-state index in [1.807, 2.05) is 6.92 Å². The molecule has 0 spiro atoms. The highest BCUT2D eigenvalue weighted by atomic mass is 16.3. The molecule has 1 fully saturated rings. The second-order valence-electron chi connectivity index (χ2n) is 4.18. The lowest BCUT2D eigenvalue weighted by molar-refractivity contribution is 0.129. The summed E-state index contributed by atoms with van der Waals surface area (Å²) < 4.78 is 0. The summed E-state index contributed by atoms with van der Waals surface area (Å²) in [5.74, 6) is 0.683. The average Bonchev–Trinajstić information content (AvgIpc) is 2.15. The molecule has 0 aromatic rings. The zero-order chi connectivity index (χ0) is 9.68. The molecule has 0 bridgehead atoms. The van der Waals surface area contributed by atoms with E-state index in [-0.39, 0.29) is 6.10 Å². The van der Waals surface area contributed by atoms with Gasteiger partial charge in [0.2, 0.25) is 0 Å². The maximum atomic E-state index is 9.15. The first kappa shape index (κ1) is 11.0. The second-order valence-corrected chi connectivity index (χ2v) is 4.18. The van der Waals surface area contributed by atoms with Crippen molar-refractivity contribution in [3.8, 4) is 0 Å². The third kappa shape index (κ3) is 4.07. The molecule has 0 radical (unpaired) electrons. The lowest BCUT2D eigenvalue weighted by atomic mass is 9.98. The molecule has 0 amide bonds. The Morgan fingerprint density at radius 1 is 1.62 bits per heavy atom. The molecule has 1 saturated heterocycles. The number of hydrogen-bond donors (Lipinski definition) is 2. The molecule has 0 aromatic carbocycles. The maximum Gasteiger partial charge on any atom is 0.0524 e. The minimum Gasteiger partial charge on any atom is -0.393 e. The molecule has 1 aliphatic heterocycles. The van der Waals surface area contributed by atoms with E-state index in [9.17, 15) is 0 Å². The van der Waals surface area contributed by atoms with Crippen molar-refractivity contribution >= 4 is 0 Å². The molecule has 3 nitrogen and oxygen atoms in total. The Bertz CT molecular complexity index is 139. The quantitative estimate of drug-likeness (QED) is 0.669. The van der Waals surface area contributed by atoms with E-state index < -0.39 is 0 Å². The first-order valence-corrected chi connectivity index (χ1v) is 5.33. The van der Waals surface area contributed by atoms with Crippen molar-refractivity contribution in [1.29, 1.82) is 0 Å². The van der Waals surface area contributed by atoms with Crippen LogP contribution in [0.2, 0.25) is 0 Å². The van der Waals surface area contributed by atoms with Crippen LogP contribution in [0.1, 0.15) is 26.2 Å². The van der Waals surface area contributed by atoms with Gasteiger partial charge in [0.1, 0.15) is 0 Å². The normalized spacial score (nSPS) is 27.5. The third-order valence-corrected chi connectivity index (χ3v) is 2.80. The Balaban J connectivity index is 2.18. The summed E-state index contributed by atoms with van der Waals surface area (Å²) in [5.41, 5.74) is 5.65. The second kappa shape index (κ2) is 5.58. The van der Waals surface area contributed by atoms with Crippen molar-refractivity contribution in [2.45, 2.75) is 32.3 Å². The van der Waals surface area contributed by atoms with Crippen LogP contribution < -0.4 is 5.73 Å². The standard InChI is InChI=1S/C10H22N2O/c1-9(13)4-6-12-5-2-3-10(7-11)8-12/h9-10,13H,2-8,11H2,1H3. The average molecular weight is 186 g/mol. The Kier molecular flexibility index (Phi) is 4.70. The van der Waals surface area contributed by atoms with Crippen LogP contribution in [0.15, 0.2) is 0 Å². The van der Waals surface area contributed by atoms with Crippen LogP contribution in [0.4, 0.5) is 0 Å². The first-order valence-electron chi connectivity index (χ1n) is 5.33. The van der Waals surface area contributed by atoms with Gasteiger partial charge in [-0.3, -0.25) is 0 Å². The monoisotopic (exact) mass is 186 g/mol. The van der Waals surface area contributed by atoms with Crippen LogP contribution in [0.25, 0.3) is 0 Å². The van der Waals surface area contributed by atoms with Gasteiger partial charge >= 0.3 is 0 Å². The van der Waals surface area contributed by atoms with Gasteiger partial charge in [-0.05, 0) is 45.2 Å². The molecule has 0 aliphatic carbocycles. The van der Waals surface area contributed by atoms with Gasteiger partial charge in [0.15, 0.2) is 0 Å². The van der Waals surface area contributed by atoms with E-state index in [2.05, 4.69) is 4.90 Å². The molecule has 1 heterocycles. The minimum absolute atomic E-state index is 0.168. The van der Waals surface area contributed by atoms with Gasteiger partial charge in [0.25, 0.3) is 0 Å². The topological polar surface area (TPSA) is 49.5 Å². The molecule has 78 valence electrons. The van der Waals surface area contributed by atoms with E-state index >= 15 is 0 Å². The van der Waals surface area contributed by atoms with Gasteiger partial charge < -0.3 is 15.7 Å². The molecule has 3 N–H and O–H groups in total. The van der Waals surface area contributed by atoms with Crippen LogP contribution in [-0.4, -0.2) is 42.3 Å². The van der Waals surface area contributed by atoms with Crippen LogP contribution in [0.5, 0.6) is 0 Å². The number of piperidine rings is 1. The molecule has 2 atom stereocenters. The highest BCUT2D eigenvalue weighted by Gasteiger charge is 2.18. The molecule has 1 aliphatic rings. The number of hydrogen-bond acceptors (Lipinski definition) is 3. The molecular formula is C10H22N2O. The van der Waals surface area contributed by atoms with E-state index in [1.54, 1.807) is 0 Å². The number of aliphatic hydroxyl groups is 1. The molecule has 13 heavy (non-hydrogen) atoms. The van der Waals surface area contributed by atoms with Crippen molar-refractivity contribution in [2.24, 2.45) is 11.7 Å². The fraction of sp³-hybridized carbons (Fsp3) is 1.00. The van der Waals surface area contributed by atoms with Crippen molar-refractivity contribution in [2.75, 3.05) is 26.2 Å². The lowest BCUT2D eigenvalue weighted by Crippen LogP contribution is -2.39. The smallest absolute Gasteiger partial charge is 0.0524 e. The zero-order valence-corrected chi connectivity index (χ0v) is 8.58. The molecule has 0 saturated carbocycles. The lowest BCUT2D eigenvalue weighted by Gasteiger charge is -2.32. The summed E-state index contributed by atoms with van der Waals surface area (Å²) in [4.78, 5) is 2.42. The Morgan fingerprint density at radius 3 is 3.00 bits per heavy atom. The van der Waals surface area contributed by atoms with Gasteiger partial charge in [-0.1, -0.05) is 0 Å². The van der Waals surface area contributed by atoms with E-state index in [0.29, 0.717) is 5.92 Å². The number of rotatable bonds is 4. The predicted molar refractivity (Wildman–Crippen MR) is 54.5 cm³/mol. The Morgan fingerprint density at radius 2 is 2.38 bits per heavy atom.